The van der Waals surface area contributed by atoms with Crippen molar-refractivity contribution in [3.8, 4) is 5.75 Å². The van der Waals surface area contributed by atoms with E-state index < -0.39 is 0 Å². The van der Waals surface area contributed by atoms with Gasteiger partial charge in [0.05, 0.1) is 6.54 Å². The summed E-state index contributed by atoms with van der Waals surface area (Å²) in [5.41, 5.74) is 3.97. The summed E-state index contributed by atoms with van der Waals surface area (Å²) in [4.78, 5) is 11.1. The second-order valence-electron chi connectivity index (χ2n) is 4.22. The summed E-state index contributed by atoms with van der Waals surface area (Å²) >= 11 is 0. The first kappa shape index (κ1) is 13.9. The lowest BCUT2D eigenvalue weighted by molar-refractivity contribution is -0.119. The average Bonchev–Trinajstić information content (AvgIpc) is 2.52. The van der Waals surface area contributed by atoms with E-state index in [0.29, 0.717) is 6.61 Å². The highest BCUT2D eigenvalue weighted by atomic mass is 16.5. The summed E-state index contributed by atoms with van der Waals surface area (Å²) in [6.07, 6.45) is 0. The van der Waals surface area contributed by atoms with Crippen LogP contribution in [0.15, 0.2) is 54.6 Å². The average molecular weight is 271 g/mol. The van der Waals surface area contributed by atoms with Gasteiger partial charge in [0.1, 0.15) is 12.4 Å². The van der Waals surface area contributed by atoms with Gasteiger partial charge < -0.3 is 10.1 Å². The van der Waals surface area contributed by atoms with Gasteiger partial charge in [-0.3, -0.25) is 10.2 Å². The minimum Gasteiger partial charge on any atom is -0.489 e. The minimum absolute atomic E-state index is 0.124. The highest BCUT2D eigenvalue weighted by molar-refractivity contribution is 5.80. The SMILES string of the molecule is NNC(=O)CNc1cccc(OCc2ccccc2)c1. The molecule has 0 fully saturated rings. The highest BCUT2D eigenvalue weighted by Gasteiger charge is 2.00. The molecule has 1 amide bonds. The monoisotopic (exact) mass is 271 g/mol. The molecule has 20 heavy (non-hydrogen) atoms. The zero-order chi connectivity index (χ0) is 14.2. The van der Waals surface area contributed by atoms with E-state index in [4.69, 9.17) is 10.6 Å². The molecule has 4 N–H and O–H groups in total. The number of nitrogens with two attached hydrogens (primary N) is 1. The molecule has 104 valence electrons. The molecule has 0 unspecified atom stereocenters. The first-order valence-electron chi connectivity index (χ1n) is 6.28. The van der Waals surface area contributed by atoms with E-state index in [0.717, 1.165) is 17.0 Å². The van der Waals surface area contributed by atoms with Crippen LogP contribution in [0.25, 0.3) is 0 Å². The van der Waals surface area contributed by atoms with E-state index in [1.807, 2.05) is 54.6 Å². The largest absolute Gasteiger partial charge is 0.489 e. The van der Waals surface area contributed by atoms with Crippen molar-refractivity contribution in [1.29, 1.82) is 0 Å². The van der Waals surface area contributed by atoms with Crippen molar-refractivity contribution in [2.24, 2.45) is 5.84 Å². The molecule has 0 atom stereocenters. The van der Waals surface area contributed by atoms with Crippen molar-refractivity contribution in [1.82, 2.24) is 5.43 Å². The van der Waals surface area contributed by atoms with Crippen LogP contribution in [0.5, 0.6) is 5.75 Å². The summed E-state index contributed by atoms with van der Waals surface area (Å²) in [6, 6.07) is 17.4. The van der Waals surface area contributed by atoms with Crippen molar-refractivity contribution in [2.45, 2.75) is 6.61 Å². The van der Waals surface area contributed by atoms with E-state index in [2.05, 4.69) is 10.7 Å². The Morgan fingerprint density at radius 1 is 1.10 bits per heavy atom. The van der Waals surface area contributed by atoms with Crippen LogP contribution in [0.4, 0.5) is 5.69 Å². The van der Waals surface area contributed by atoms with Crippen LogP contribution in [0.3, 0.4) is 0 Å². The van der Waals surface area contributed by atoms with Gasteiger partial charge in [-0.15, -0.1) is 0 Å². The molecule has 5 nitrogen and oxygen atoms in total. The minimum atomic E-state index is -0.277. The van der Waals surface area contributed by atoms with Gasteiger partial charge in [-0.2, -0.15) is 0 Å². The molecule has 0 spiro atoms. The second kappa shape index (κ2) is 7.16. The molecule has 2 aromatic rings. The summed E-state index contributed by atoms with van der Waals surface area (Å²) in [5.74, 6) is 5.48. The van der Waals surface area contributed by atoms with Gasteiger partial charge in [0.25, 0.3) is 5.91 Å². The van der Waals surface area contributed by atoms with Crippen molar-refractivity contribution in [3.05, 3.63) is 60.2 Å². The van der Waals surface area contributed by atoms with Crippen molar-refractivity contribution in [2.75, 3.05) is 11.9 Å². The number of rotatable bonds is 6. The molecule has 0 aromatic heterocycles. The fourth-order valence-corrected chi connectivity index (χ4v) is 1.67. The maximum absolute atomic E-state index is 11.1. The predicted octanol–water partition coefficient (Wildman–Crippen LogP) is 1.67. The predicted molar refractivity (Wildman–Crippen MR) is 78.0 cm³/mol. The molecule has 2 aromatic carbocycles. The van der Waals surface area contributed by atoms with Gasteiger partial charge in [-0.25, -0.2) is 5.84 Å². The number of hydrogen-bond donors (Lipinski definition) is 3. The summed E-state index contributed by atoms with van der Waals surface area (Å²) in [5, 5.41) is 2.96. The van der Waals surface area contributed by atoms with Gasteiger partial charge in [0.2, 0.25) is 0 Å². The van der Waals surface area contributed by atoms with Crippen LogP contribution in [0.1, 0.15) is 5.56 Å². The van der Waals surface area contributed by atoms with Gasteiger partial charge in [0.15, 0.2) is 0 Å². The van der Waals surface area contributed by atoms with Crippen LogP contribution >= 0.6 is 0 Å². The second-order valence-corrected chi connectivity index (χ2v) is 4.22. The summed E-state index contributed by atoms with van der Waals surface area (Å²) in [6.45, 7) is 0.631. The van der Waals surface area contributed by atoms with E-state index >= 15 is 0 Å². The molecular formula is C15H17N3O2. The Kier molecular flexibility index (Phi) is 4.97. The third-order valence-electron chi connectivity index (χ3n) is 2.70. The van der Waals surface area contributed by atoms with Crippen LogP contribution in [-0.2, 0) is 11.4 Å². The van der Waals surface area contributed by atoms with E-state index in [1.165, 1.54) is 0 Å². The number of anilines is 1. The Bertz CT molecular complexity index is 558. The number of carbonyl (C=O) groups is 1. The summed E-state index contributed by atoms with van der Waals surface area (Å²) in [7, 11) is 0. The molecule has 0 aliphatic heterocycles. The molecule has 0 aliphatic carbocycles. The Hall–Kier alpha value is -2.53. The Labute approximate surface area is 117 Å². The highest BCUT2D eigenvalue weighted by Crippen LogP contribution is 2.18. The van der Waals surface area contributed by atoms with Crippen molar-refractivity contribution >= 4 is 11.6 Å². The first-order chi connectivity index (χ1) is 9.78. The lowest BCUT2D eigenvalue weighted by atomic mass is 10.2. The fourth-order valence-electron chi connectivity index (χ4n) is 1.67. The third-order valence-corrected chi connectivity index (χ3v) is 2.70. The quantitative estimate of drug-likeness (QED) is 0.424. The van der Waals surface area contributed by atoms with Gasteiger partial charge in [0, 0.05) is 11.8 Å². The fraction of sp³-hybridized carbons (Fsp3) is 0.133. The van der Waals surface area contributed by atoms with Crippen molar-refractivity contribution < 1.29 is 9.53 Å². The van der Waals surface area contributed by atoms with Crippen LogP contribution in [-0.4, -0.2) is 12.5 Å². The van der Waals surface area contributed by atoms with E-state index in [9.17, 15) is 4.79 Å². The number of carbonyl (C=O) groups excluding carboxylic acids is 1. The van der Waals surface area contributed by atoms with Gasteiger partial charge in [-0.1, -0.05) is 36.4 Å². The maximum Gasteiger partial charge on any atom is 0.253 e. The zero-order valence-electron chi connectivity index (χ0n) is 11.0. The number of nitrogens with one attached hydrogen (secondary N) is 2. The third kappa shape index (κ3) is 4.29. The van der Waals surface area contributed by atoms with Crippen LogP contribution in [0.2, 0.25) is 0 Å². The standard InChI is InChI=1S/C15H17N3O2/c16-18-15(19)10-17-13-7-4-8-14(9-13)20-11-12-5-2-1-3-6-12/h1-9,17H,10-11,16H2,(H,18,19). The van der Waals surface area contributed by atoms with Crippen LogP contribution in [0, 0.1) is 0 Å². The first-order valence-corrected chi connectivity index (χ1v) is 6.28. The smallest absolute Gasteiger partial charge is 0.253 e. The normalized spacial score (nSPS) is 9.85. The van der Waals surface area contributed by atoms with Crippen molar-refractivity contribution in [3.63, 3.8) is 0 Å². The molecule has 0 radical (unpaired) electrons. The summed E-state index contributed by atoms with van der Waals surface area (Å²) < 4.78 is 5.70. The number of benzene rings is 2. The zero-order valence-corrected chi connectivity index (χ0v) is 11.0. The number of ether oxygens (including phenoxy) is 1. The lowest BCUT2D eigenvalue weighted by Crippen LogP contribution is -2.35. The molecule has 0 saturated heterocycles. The molecular weight excluding hydrogens is 254 g/mol. The number of hydrogen-bond acceptors (Lipinski definition) is 4. The number of hydrazine groups is 1. The molecule has 0 saturated carbocycles. The molecule has 0 heterocycles. The Morgan fingerprint density at radius 2 is 1.90 bits per heavy atom. The molecule has 0 aliphatic rings. The van der Waals surface area contributed by atoms with Gasteiger partial charge in [-0.05, 0) is 17.7 Å². The molecule has 2 rings (SSSR count). The number of amides is 1. The van der Waals surface area contributed by atoms with Gasteiger partial charge >= 0.3 is 0 Å². The maximum atomic E-state index is 11.1. The Morgan fingerprint density at radius 3 is 2.65 bits per heavy atom. The van der Waals surface area contributed by atoms with E-state index in [-0.39, 0.29) is 12.5 Å². The Balaban J connectivity index is 1.90. The van der Waals surface area contributed by atoms with Crippen LogP contribution < -0.4 is 21.3 Å². The molecule has 0 bridgehead atoms. The molecule has 5 heteroatoms. The lowest BCUT2D eigenvalue weighted by Gasteiger charge is -2.09. The topological polar surface area (TPSA) is 76.4 Å². The van der Waals surface area contributed by atoms with E-state index in [1.54, 1.807) is 0 Å².